The highest BCUT2D eigenvalue weighted by Gasteiger charge is 2.17. The third kappa shape index (κ3) is 2.72. The Kier molecular flexibility index (Phi) is 4.05. The molecule has 1 saturated heterocycles. The summed E-state index contributed by atoms with van der Waals surface area (Å²) in [4.78, 5) is 26.4. The Morgan fingerprint density at radius 3 is 2.57 bits per heavy atom. The second-order valence-electron chi connectivity index (χ2n) is 5.23. The van der Waals surface area contributed by atoms with Crippen molar-refractivity contribution in [3.8, 4) is 0 Å². The summed E-state index contributed by atoms with van der Waals surface area (Å²) in [7, 11) is 1.77. The molecule has 0 radical (unpaired) electrons. The number of rotatable bonds is 3. The molecule has 0 atom stereocenters. The minimum absolute atomic E-state index is 0.0572. The number of imidazole rings is 1. The molecule has 1 aromatic carbocycles. The van der Waals surface area contributed by atoms with Crippen LogP contribution in [0.1, 0.15) is 6.42 Å². The normalized spacial score (nSPS) is 15.6. The van der Waals surface area contributed by atoms with E-state index in [1.165, 1.54) is 0 Å². The number of para-hydroxylation sites is 2. The van der Waals surface area contributed by atoms with Crippen LogP contribution >= 0.6 is 11.8 Å². The zero-order valence-corrected chi connectivity index (χ0v) is 12.9. The second kappa shape index (κ2) is 5.97. The van der Waals surface area contributed by atoms with Gasteiger partial charge in [0.15, 0.2) is 0 Å². The minimum Gasteiger partial charge on any atom is -0.341 e. The molecule has 2 aromatic rings. The topological polar surface area (TPSA) is 47.2 Å². The average Bonchev–Trinajstić information content (AvgIpc) is 2.78. The van der Waals surface area contributed by atoms with Crippen LogP contribution in [0.5, 0.6) is 0 Å². The van der Waals surface area contributed by atoms with E-state index in [2.05, 4.69) is 0 Å². The highest BCUT2D eigenvalue weighted by Crippen LogP contribution is 2.13. The summed E-state index contributed by atoms with van der Waals surface area (Å²) in [5.41, 5.74) is 1.74. The number of hydrogen-bond acceptors (Lipinski definition) is 3. The molecule has 1 fully saturated rings. The van der Waals surface area contributed by atoms with Crippen LogP contribution in [0.2, 0.25) is 0 Å². The largest absolute Gasteiger partial charge is 0.341 e. The second-order valence-corrected chi connectivity index (χ2v) is 6.45. The summed E-state index contributed by atoms with van der Waals surface area (Å²) in [6.07, 6.45) is 0.387. The predicted molar refractivity (Wildman–Crippen MR) is 85.7 cm³/mol. The molecule has 1 aliphatic rings. The van der Waals surface area contributed by atoms with Crippen molar-refractivity contribution in [2.24, 2.45) is 7.05 Å². The van der Waals surface area contributed by atoms with E-state index in [4.69, 9.17) is 0 Å². The van der Waals surface area contributed by atoms with Crippen molar-refractivity contribution in [1.82, 2.24) is 14.0 Å². The lowest BCUT2D eigenvalue weighted by Gasteiger charge is -2.26. The summed E-state index contributed by atoms with van der Waals surface area (Å²) in [5.74, 6) is 2.18. The number of benzene rings is 1. The maximum atomic E-state index is 12.3. The Bertz CT molecular complexity index is 713. The van der Waals surface area contributed by atoms with Crippen molar-refractivity contribution < 1.29 is 4.79 Å². The van der Waals surface area contributed by atoms with Gasteiger partial charge in [0.05, 0.1) is 11.0 Å². The molecule has 21 heavy (non-hydrogen) atoms. The Balaban J connectivity index is 1.78. The first-order valence-corrected chi connectivity index (χ1v) is 8.34. The van der Waals surface area contributed by atoms with E-state index in [1.807, 2.05) is 40.9 Å². The van der Waals surface area contributed by atoms with E-state index in [0.717, 1.165) is 35.6 Å². The van der Waals surface area contributed by atoms with Gasteiger partial charge in [-0.1, -0.05) is 12.1 Å². The van der Waals surface area contributed by atoms with Crippen LogP contribution in [0.3, 0.4) is 0 Å². The molecule has 0 N–H and O–H groups in total. The number of aryl methyl sites for hydroxylation is 2. The number of thioether (sulfide) groups is 1. The lowest BCUT2D eigenvalue weighted by atomic mass is 10.3. The Morgan fingerprint density at radius 2 is 1.86 bits per heavy atom. The van der Waals surface area contributed by atoms with Crippen molar-refractivity contribution >= 4 is 28.7 Å². The lowest BCUT2D eigenvalue weighted by molar-refractivity contribution is -0.131. The molecule has 112 valence electrons. The van der Waals surface area contributed by atoms with Crippen LogP contribution in [0.15, 0.2) is 29.1 Å². The number of nitrogens with zero attached hydrogens (tertiary/aromatic N) is 3. The first-order chi connectivity index (χ1) is 10.2. The van der Waals surface area contributed by atoms with E-state index in [9.17, 15) is 9.59 Å². The molecule has 0 unspecified atom stereocenters. The van der Waals surface area contributed by atoms with Crippen molar-refractivity contribution in [3.63, 3.8) is 0 Å². The summed E-state index contributed by atoms with van der Waals surface area (Å²) in [5, 5.41) is 0. The summed E-state index contributed by atoms with van der Waals surface area (Å²) >= 11 is 1.89. The van der Waals surface area contributed by atoms with Crippen molar-refractivity contribution in [2.75, 3.05) is 24.6 Å². The van der Waals surface area contributed by atoms with Gasteiger partial charge in [-0.25, -0.2) is 4.79 Å². The van der Waals surface area contributed by atoms with Crippen LogP contribution < -0.4 is 5.69 Å². The molecule has 2 heterocycles. The molecule has 0 saturated carbocycles. The first kappa shape index (κ1) is 14.3. The third-order valence-electron chi connectivity index (χ3n) is 3.96. The van der Waals surface area contributed by atoms with Gasteiger partial charge in [0, 0.05) is 44.6 Å². The van der Waals surface area contributed by atoms with Crippen LogP contribution in [0.4, 0.5) is 0 Å². The fraction of sp³-hybridized carbons (Fsp3) is 0.467. The van der Waals surface area contributed by atoms with Crippen LogP contribution in [0, 0.1) is 0 Å². The van der Waals surface area contributed by atoms with Gasteiger partial charge < -0.3 is 4.90 Å². The number of carbonyl (C=O) groups is 1. The molecular formula is C15H19N3O2S. The fourth-order valence-electron chi connectivity index (χ4n) is 2.76. The van der Waals surface area contributed by atoms with Gasteiger partial charge in [-0.15, -0.1) is 0 Å². The van der Waals surface area contributed by atoms with Crippen molar-refractivity contribution in [1.29, 1.82) is 0 Å². The molecule has 0 bridgehead atoms. The van der Waals surface area contributed by atoms with Gasteiger partial charge in [0.2, 0.25) is 5.91 Å². The van der Waals surface area contributed by atoms with E-state index in [-0.39, 0.29) is 11.6 Å². The van der Waals surface area contributed by atoms with Gasteiger partial charge in [-0.2, -0.15) is 11.8 Å². The average molecular weight is 305 g/mol. The zero-order chi connectivity index (χ0) is 14.8. The standard InChI is InChI=1S/C15H19N3O2S/c1-16-12-4-2-3-5-13(12)18(15(16)20)7-6-14(19)17-8-10-21-11-9-17/h2-5H,6-11H2,1H3. The molecule has 1 aromatic heterocycles. The maximum absolute atomic E-state index is 12.3. The highest BCUT2D eigenvalue weighted by molar-refractivity contribution is 7.99. The Labute approximate surface area is 127 Å². The first-order valence-electron chi connectivity index (χ1n) is 7.18. The molecular weight excluding hydrogens is 286 g/mol. The smallest absolute Gasteiger partial charge is 0.328 e. The van der Waals surface area contributed by atoms with E-state index >= 15 is 0 Å². The lowest BCUT2D eigenvalue weighted by Crippen LogP contribution is -2.38. The monoisotopic (exact) mass is 305 g/mol. The number of carbonyl (C=O) groups excluding carboxylic acids is 1. The summed E-state index contributed by atoms with van der Waals surface area (Å²) in [6, 6.07) is 7.69. The summed E-state index contributed by atoms with van der Waals surface area (Å²) < 4.78 is 3.34. The number of amides is 1. The summed E-state index contributed by atoms with van der Waals surface area (Å²) in [6.45, 7) is 2.10. The SMILES string of the molecule is Cn1c(=O)n(CCC(=O)N2CCSCC2)c2ccccc21. The molecule has 0 spiro atoms. The number of fused-ring (bicyclic) bond motifs is 1. The molecule has 0 aliphatic carbocycles. The Hall–Kier alpha value is -1.69. The minimum atomic E-state index is -0.0572. The van der Waals surface area contributed by atoms with E-state index in [1.54, 1.807) is 16.2 Å². The number of hydrogen-bond donors (Lipinski definition) is 0. The molecule has 1 aliphatic heterocycles. The third-order valence-corrected chi connectivity index (χ3v) is 4.91. The highest BCUT2D eigenvalue weighted by atomic mass is 32.2. The van der Waals surface area contributed by atoms with Crippen LogP contribution in [0.25, 0.3) is 11.0 Å². The van der Waals surface area contributed by atoms with Crippen molar-refractivity contribution in [3.05, 3.63) is 34.7 Å². The zero-order valence-electron chi connectivity index (χ0n) is 12.1. The predicted octanol–water partition coefficient (Wildman–Crippen LogP) is 1.31. The van der Waals surface area contributed by atoms with Crippen LogP contribution in [-0.2, 0) is 18.4 Å². The Morgan fingerprint density at radius 1 is 1.19 bits per heavy atom. The maximum Gasteiger partial charge on any atom is 0.328 e. The van der Waals surface area contributed by atoms with Gasteiger partial charge in [0.25, 0.3) is 0 Å². The number of aromatic nitrogens is 2. The molecule has 1 amide bonds. The van der Waals surface area contributed by atoms with Gasteiger partial charge in [-0.3, -0.25) is 13.9 Å². The molecule has 5 nitrogen and oxygen atoms in total. The van der Waals surface area contributed by atoms with Crippen molar-refractivity contribution in [2.45, 2.75) is 13.0 Å². The molecule has 3 rings (SSSR count). The van der Waals surface area contributed by atoms with E-state index < -0.39 is 0 Å². The van der Waals surface area contributed by atoms with Gasteiger partial charge in [0.1, 0.15) is 0 Å². The van der Waals surface area contributed by atoms with E-state index in [0.29, 0.717) is 13.0 Å². The van der Waals surface area contributed by atoms with Gasteiger partial charge in [-0.05, 0) is 12.1 Å². The van der Waals surface area contributed by atoms with Gasteiger partial charge >= 0.3 is 5.69 Å². The fourth-order valence-corrected chi connectivity index (χ4v) is 3.66. The quantitative estimate of drug-likeness (QED) is 0.859. The van der Waals surface area contributed by atoms with Crippen LogP contribution in [-0.4, -0.2) is 44.5 Å². The molecule has 6 heteroatoms.